The average molecular weight is 241 g/mol. The third-order valence-corrected chi connectivity index (χ3v) is 3.72. The highest BCUT2D eigenvalue weighted by atomic mass is 14.9. The zero-order valence-electron chi connectivity index (χ0n) is 12.6. The van der Waals surface area contributed by atoms with Gasteiger partial charge in [-0.25, -0.2) is 0 Å². The molecule has 0 aromatic heterocycles. The van der Waals surface area contributed by atoms with E-state index >= 15 is 0 Å². The lowest BCUT2D eigenvalue weighted by atomic mass is 10.0. The Hall–Kier alpha value is -0.0400. The van der Waals surface area contributed by atoms with Gasteiger partial charge in [-0.1, -0.05) is 78.1 Å². The van der Waals surface area contributed by atoms with Crippen LogP contribution in [0, 0.1) is 0 Å². The molecule has 0 aliphatic heterocycles. The average Bonchev–Trinajstić information content (AvgIpc) is 2.36. The molecule has 0 heterocycles. The van der Waals surface area contributed by atoms with Crippen LogP contribution in [-0.2, 0) is 0 Å². The Balaban J connectivity index is 3.28. The summed E-state index contributed by atoms with van der Waals surface area (Å²) in [4.78, 5) is 0. The van der Waals surface area contributed by atoms with Crippen LogP contribution in [0.15, 0.2) is 0 Å². The predicted molar refractivity (Wildman–Crippen MR) is 79.6 cm³/mol. The van der Waals surface area contributed by atoms with Crippen LogP contribution in [0.5, 0.6) is 0 Å². The van der Waals surface area contributed by atoms with Crippen molar-refractivity contribution in [2.24, 2.45) is 0 Å². The standard InChI is InChI=1S/C16H35N/c1-4-6-8-10-11-13-15-16(17-3)14-12-9-7-5-2/h16-17H,4-15H2,1-3H3. The molecular formula is C16H35N. The SMILES string of the molecule is CCCCCCCCC(CCCCCC)NC. The quantitative estimate of drug-likeness (QED) is 0.432. The smallest absolute Gasteiger partial charge is 0.00640 e. The molecule has 17 heavy (non-hydrogen) atoms. The van der Waals surface area contributed by atoms with E-state index in [2.05, 4.69) is 26.2 Å². The lowest BCUT2D eigenvalue weighted by Crippen LogP contribution is -2.24. The van der Waals surface area contributed by atoms with Crippen molar-refractivity contribution >= 4 is 0 Å². The van der Waals surface area contributed by atoms with E-state index in [1.54, 1.807) is 0 Å². The van der Waals surface area contributed by atoms with Crippen molar-refractivity contribution in [3.05, 3.63) is 0 Å². The summed E-state index contributed by atoms with van der Waals surface area (Å²) in [5.41, 5.74) is 0. The van der Waals surface area contributed by atoms with Gasteiger partial charge in [0.15, 0.2) is 0 Å². The van der Waals surface area contributed by atoms with Crippen LogP contribution in [0.25, 0.3) is 0 Å². The highest BCUT2D eigenvalue weighted by Gasteiger charge is 2.04. The number of unbranched alkanes of at least 4 members (excludes halogenated alkanes) is 8. The van der Waals surface area contributed by atoms with Crippen molar-refractivity contribution < 1.29 is 0 Å². The van der Waals surface area contributed by atoms with Crippen LogP contribution in [0.1, 0.15) is 90.9 Å². The second kappa shape index (κ2) is 14.0. The summed E-state index contributed by atoms with van der Waals surface area (Å²) >= 11 is 0. The lowest BCUT2D eigenvalue weighted by Gasteiger charge is -2.15. The van der Waals surface area contributed by atoms with Gasteiger partial charge in [-0.3, -0.25) is 0 Å². The molecule has 0 aliphatic rings. The molecule has 0 aliphatic carbocycles. The topological polar surface area (TPSA) is 12.0 Å². The molecule has 0 radical (unpaired) electrons. The molecule has 1 N–H and O–H groups in total. The number of hydrogen-bond acceptors (Lipinski definition) is 1. The van der Waals surface area contributed by atoms with Crippen LogP contribution in [0.4, 0.5) is 0 Å². The van der Waals surface area contributed by atoms with Gasteiger partial charge in [0.1, 0.15) is 0 Å². The number of rotatable bonds is 13. The van der Waals surface area contributed by atoms with Gasteiger partial charge in [0.05, 0.1) is 0 Å². The fraction of sp³-hybridized carbons (Fsp3) is 1.00. The van der Waals surface area contributed by atoms with E-state index in [-0.39, 0.29) is 0 Å². The molecule has 0 aromatic carbocycles. The monoisotopic (exact) mass is 241 g/mol. The van der Waals surface area contributed by atoms with Crippen LogP contribution in [-0.4, -0.2) is 13.1 Å². The van der Waals surface area contributed by atoms with Gasteiger partial charge in [0, 0.05) is 6.04 Å². The van der Waals surface area contributed by atoms with Crippen LogP contribution in [0.2, 0.25) is 0 Å². The molecule has 0 spiro atoms. The summed E-state index contributed by atoms with van der Waals surface area (Å²) in [5, 5.41) is 3.48. The van der Waals surface area contributed by atoms with Crippen molar-refractivity contribution in [3.63, 3.8) is 0 Å². The third-order valence-electron chi connectivity index (χ3n) is 3.72. The van der Waals surface area contributed by atoms with Gasteiger partial charge in [0.2, 0.25) is 0 Å². The Labute approximate surface area is 110 Å². The van der Waals surface area contributed by atoms with E-state index in [9.17, 15) is 0 Å². The Morgan fingerprint density at radius 2 is 1.06 bits per heavy atom. The molecule has 0 rings (SSSR count). The zero-order valence-corrected chi connectivity index (χ0v) is 12.6. The zero-order chi connectivity index (χ0) is 12.8. The molecule has 1 atom stereocenters. The van der Waals surface area contributed by atoms with Crippen molar-refractivity contribution in [2.45, 2.75) is 96.9 Å². The van der Waals surface area contributed by atoms with E-state index in [1.807, 2.05) is 0 Å². The summed E-state index contributed by atoms with van der Waals surface area (Å²) < 4.78 is 0. The van der Waals surface area contributed by atoms with Crippen molar-refractivity contribution in [3.8, 4) is 0 Å². The molecule has 0 amide bonds. The number of hydrogen-bond donors (Lipinski definition) is 1. The van der Waals surface area contributed by atoms with Crippen LogP contribution in [0.3, 0.4) is 0 Å². The molecule has 0 saturated heterocycles. The number of nitrogens with one attached hydrogen (secondary N) is 1. The summed E-state index contributed by atoms with van der Waals surface area (Å²) in [6.45, 7) is 4.57. The first-order chi connectivity index (χ1) is 8.35. The fourth-order valence-electron chi connectivity index (χ4n) is 2.42. The maximum Gasteiger partial charge on any atom is 0.00640 e. The minimum atomic E-state index is 0.776. The minimum Gasteiger partial charge on any atom is -0.317 e. The van der Waals surface area contributed by atoms with Gasteiger partial charge in [0.25, 0.3) is 0 Å². The van der Waals surface area contributed by atoms with Crippen LogP contribution >= 0.6 is 0 Å². The Bertz CT molecular complexity index is 133. The Morgan fingerprint density at radius 1 is 0.647 bits per heavy atom. The first-order valence-corrected chi connectivity index (χ1v) is 8.02. The van der Waals surface area contributed by atoms with E-state index in [1.165, 1.54) is 77.0 Å². The van der Waals surface area contributed by atoms with Gasteiger partial charge in [-0.05, 0) is 19.9 Å². The molecule has 0 fully saturated rings. The van der Waals surface area contributed by atoms with Gasteiger partial charge in [-0.15, -0.1) is 0 Å². The summed E-state index contributed by atoms with van der Waals surface area (Å²) in [5.74, 6) is 0. The molecule has 1 nitrogen and oxygen atoms in total. The van der Waals surface area contributed by atoms with Crippen molar-refractivity contribution in [1.82, 2.24) is 5.32 Å². The lowest BCUT2D eigenvalue weighted by molar-refractivity contribution is 0.438. The first-order valence-electron chi connectivity index (χ1n) is 8.02. The molecule has 0 aromatic rings. The largest absolute Gasteiger partial charge is 0.317 e. The molecule has 0 bridgehead atoms. The predicted octanol–water partition coefficient (Wildman–Crippen LogP) is 5.30. The Kier molecular flexibility index (Phi) is 14.0. The molecule has 1 heteroatoms. The van der Waals surface area contributed by atoms with Crippen molar-refractivity contribution in [2.75, 3.05) is 7.05 Å². The van der Waals surface area contributed by atoms with Gasteiger partial charge in [-0.2, -0.15) is 0 Å². The Morgan fingerprint density at radius 3 is 1.53 bits per heavy atom. The van der Waals surface area contributed by atoms with E-state index in [0.29, 0.717) is 0 Å². The fourth-order valence-corrected chi connectivity index (χ4v) is 2.42. The molecule has 104 valence electrons. The highest BCUT2D eigenvalue weighted by Crippen LogP contribution is 2.13. The van der Waals surface area contributed by atoms with Crippen molar-refractivity contribution in [1.29, 1.82) is 0 Å². The summed E-state index contributed by atoms with van der Waals surface area (Å²) in [6, 6.07) is 0.776. The highest BCUT2D eigenvalue weighted by molar-refractivity contribution is 4.64. The van der Waals surface area contributed by atoms with E-state index in [0.717, 1.165) is 6.04 Å². The maximum absolute atomic E-state index is 3.48. The first kappa shape index (κ1) is 17.0. The van der Waals surface area contributed by atoms with Crippen LogP contribution < -0.4 is 5.32 Å². The second-order valence-corrected chi connectivity index (χ2v) is 5.39. The van der Waals surface area contributed by atoms with Gasteiger partial charge < -0.3 is 5.32 Å². The summed E-state index contributed by atoms with van der Waals surface area (Å²) in [7, 11) is 2.13. The van der Waals surface area contributed by atoms with E-state index < -0.39 is 0 Å². The second-order valence-electron chi connectivity index (χ2n) is 5.39. The maximum atomic E-state index is 3.48. The molecule has 0 saturated carbocycles. The summed E-state index contributed by atoms with van der Waals surface area (Å²) in [6.07, 6.45) is 16.9. The third kappa shape index (κ3) is 12.2. The normalized spacial score (nSPS) is 12.9. The molecule has 1 unspecified atom stereocenters. The van der Waals surface area contributed by atoms with E-state index in [4.69, 9.17) is 0 Å². The minimum absolute atomic E-state index is 0.776. The molecular weight excluding hydrogens is 206 g/mol. The van der Waals surface area contributed by atoms with Gasteiger partial charge >= 0.3 is 0 Å².